The zero-order valence-corrected chi connectivity index (χ0v) is 10.6. The number of carbonyl (C=O) groups is 1. The molecule has 17 heavy (non-hydrogen) atoms. The normalized spacial score (nSPS) is 12.2. The Kier molecular flexibility index (Phi) is 5.28. The Bertz CT molecular complexity index is 395. The fraction of sp³-hybridized carbons (Fsp3) is 0.417. The number of aliphatic carboxylic acids is 1. The predicted molar refractivity (Wildman–Crippen MR) is 66.0 cm³/mol. The molecular formula is C12H15FO3S. The fourth-order valence-electron chi connectivity index (χ4n) is 1.33. The third-order valence-electron chi connectivity index (χ3n) is 2.35. The van der Waals surface area contributed by atoms with Gasteiger partial charge in [-0.05, 0) is 18.1 Å². The predicted octanol–water partition coefficient (Wildman–Crippen LogP) is 2.93. The Morgan fingerprint density at radius 1 is 1.59 bits per heavy atom. The van der Waals surface area contributed by atoms with Crippen molar-refractivity contribution in [3.8, 4) is 5.75 Å². The monoisotopic (exact) mass is 258 g/mol. The van der Waals surface area contributed by atoms with Gasteiger partial charge in [-0.2, -0.15) is 0 Å². The third kappa shape index (κ3) is 3.93. The number of benzene rings is 1. The molecule has 0 saturated carbocycles. The summed E-state index contributed by atoms with van der Waals surface area (Å²) in [7, 11) is 1.47. The highest BCUT2D eigenvalue weighted by Gasteiger charge is 2.16. The summed E-state index contributed by atoms with van der Waals surface area (Å²) >= 11 is 1.23. The molecule has 0 aliphatic carbocycles. The largest absolute Gasteiger partial charge is 0.497 e. The van der Waals surface area contributed by atoms with E-state index in [1.165, 1.54) is 24.9 Å². The second-order valence-electron chi connectivity index (χ2n) is 3.50. The number of carboxylic acid groups (broad SMARTS) is 1. The molecule has 0 bridgehead atoms. The second-order valence-corrected chi connectivity index (χ2v) is 4.69. The van der Waals surface area contributed by atoms with E-state index in [-0.39, 0.29) is 5.82 Å². The molecule has 94 valence electrons. The van der Waals surface area contributed by atoms with Crippen molar-refractivity contribution in [2.45, 2.75) is 24.3 Å². The van der Waals surface area contributed by atoms with Crippen molar-refractivity contribution in [2.75, 3.05) is 7.11 Å². The number of hydrogen-bond acceptors (Lipinski definition) is 3. The molecule has 0 amide bonds. The molecule has 1 N–H and O–H groups in total. The number of methoxy groups -OCH3 is 1. The first-order valence-corrected chi connectivity index (χ1v) is 6.30. The zero-order valence-electron chi connectivity index (χ0n) is 9.77. The van der Waals surface area contributed by atoms with Gasteiger partial charge in [0.15, 0.2) is 0 Å². The van der Waals surface area contributed by atoms with Crippen LogP contribution in [0.2, 0.25) is 0 Å². The Balaban J connectivity index is 2.66. The van der Waals surface area contributed by atoms with Crippen LogP contribution in [0.1, 0.15) is 18.9 Å². The number of rotatable bonds is 6. The van der Waals surface area contributed by atoms with Crippen LogP contribution in [-0.2, 0) is 10.5 Å². The highest BCUT2D eigenvalue weighted by atomic mass is 32.2. The number of ether oxygens (including phenoxy) is 1. The van der Waals surface area contributed by atoms with Gasteiger partial charge < -0.3 is 9.84 Å². The van der Waals surface area contributed by atoms with Gasteiger partial charge in [0.05, 0.1) is 7.11 Å². The van der Waals surface area contributed by atoms with Crippen LogP contribution in [0, 0.1) is 5.82 Å². The SMILES string of the molecule is CCC(SCc1ccc(OC)cc1F)C(=O)O. The van der Waals surface area contributed by atoms with Crippen LogP contribution in [0.4, 0.5) is 4.39 Å². The van der Waals surface area contributed by atoms with E-state index in [0.29, 0.717) is 23.5 Å². The first kappa shape index (κ1) is 13.8. The number of thioether (sulfide) groups is 1. The zero-order chi connectivity index (χ0) is 12.8. The summed E-state index contributed by atoms with van der Waals surface area (Å²) < 4.78 is 18.4. The van der Waals surface area contributed by atoms with Gasteiger partial charge in [-0.15, -0.1) is 11.8 Å². The third-order valence-corrected chi connectivity index (χ3v) is 3.76. The number of hydrogen-bond donors (Lipinski definition) is 1. The van der Waals surface area contributed by atoms with E-state index in [9.17, 15) is 9.18 Å². The topological polar surface area (TPSA) is 46.5 Å². The van der Waals surface area contributed by atoms with Gasteiger partial charge in [0.25, 0.3) is 0 Å². The molecule has 0 heterocycles. The van der Waals surface area contributed by atoms with E-state index in [4.69, 9.17) is 9.84 Å². The van der Waals surface area contributed by atoms with Crippen molar-refractivity contribution in [3.05, 3.63) is 29.6 Å². The van der Waals surface area contributed by atoms with Crippen molar-refractivity contribution < 1.29 is 19.0 Å². The van der Waals surface area contributed by atoms with Gasteiger partial charge in [-0.25, -0.2) is 4.39 Å². The lowest BCUT2D eigenvalue weighted by molar-refractivity contribution is -0.136. The summed E-state index contributed by atoms with van der Waals surface area (Å²) in [4.78, 5) is 10.8. The summed E-state index contributed by atoms with van der Waals surface area (Å²) in [5.74, 6) is -0.411. The maximum Gasteiger partial charge on any atom is 0.316 e. The molecule has 0 fully saturated rings. The smallest absolute Gasteiger partial charge is 0.316 e. The van der Waals surface area contributed by atoms with Crippen molar-refractivity contribution >= 4 is 17.7 Å². The lowest BCUT2D eigenvalue weighted by Crippen LogP contribution is -2.15. The maximum absolute atomic E-state index is 13.6. The van der Waals surface area contributed by atoms with Crippen molar-refractivity contribution in [3.63, 3.8) is 0 Å². The van der Waals surface area contributed by atoms with Gasteiger partial charge in [0.1, 0.15) is 16.8 Å². The molecule has 0 aliphatic rings. The van der Waals surface area contributed by atoms with Crippen LogP contribution >= 0.6 is 11.8 Å². The van der Waals surface area contributed by atoms with E-state index in [1.54, 1.807) is 19.1 Å². The van der Waals surface area contributed by atoms with Gasteiger partial charge in [-0.3, -0.25) is 4.79 Å². The fourth-order valence-corrected chi connectivity index (χ4v) is 2.32. The molecule has 0 saturated heterocycles. The molecule has 1 aromatic rings. The van der Waals surface area contributed by atoms with Crippen molar-refractivity contribution in [2.24, 2.45) is 0 Å². The van der Waals surface area contributed by atoms with Gasteiger partial charge >= 0.3 is 5.97 Å². The quantitative estimate of drug-likeness (QED) is 0.852. The molecule has 0 radical (unpaired) electrons. The Labute approximate surface area is 104 Å². The van der Waals surface area contributed by atoms with E-state index >= 15 is 0 Å². The Hall–Kier alpha value is -1.23. The molecule has 1 aromatic carbocycles. The van der Waals surface area contributed by atoms with Crippen LogP contribution in [0.5, 0.6) is 5.75 Å². The first-order chi connectivity index (χ1) is 8.08. The average Bonchev–Trinajstić information content (AvgIpc) is 2.31. The van der Waals surface area contributed by atoms with Gasteiger partial charge in [0.2, 0.25) is 0 Å². The Morgan fingerprint density at radius 2 is 2.29 bits per heavy atom. The van der Waals surface area contributed by atoms with Crippen LogP contribution in [-0.4, -0.2) is 23.4 Å². The molecule has 1 atom stereocenters. The molecule has 5 heteroatoms. The Morgan fingerprint density at radius 3 is 2.76 bits per heavy atom. The summed E-state index contributed by atoms with van der Waals surface area (Å²) in [6.45, 7) is 1.80. The summed E-state index contributed by atoms with van der Waals surface area (Å²) in [5.41, 5.74) is 0.496. The van der Waals surface area contributed by atoms with E-state index in [2.05, 4.69) is 0 Å². The maximum atomic E-state index is 13.6. The molecule has 3 nitrogen and oxygen atoms in total. The minimum atomic E-state index is -0.855. The highest BCUT2D eigenvalue weighted by Crippen LogP contribution is 2.24. The van der Waals surface area contributed by atoms with Crippen LogP contribution in [0.15, 0.2) is 18.2 Å². The molecule has 0 spiro atoms. The standard InChI is InChI=1S/C12H15FO3S/c1-3-11(12(14)15)17-7-8-4-5-9(16-2)6-10(8)13/h4-6,11H,3,7H2,1-2H3,(H,14,15). The summed E-state index contributed by atoms with van der Waals surface area (Å²) in [5, 5.41) is 8.38. The van der Waals surface area contributed by atoms with Crippen LogP contribution < -0.4 is 4.74 Å². The number of carboxylic acids is 1. The van der Waals surface area contributed by atoms with Gasteiger partial charge in [-0.1, -0.05) is 13.0 Å². The lowest BCUT2D eigenvalue weighted by Gasteiger charge is -2.10. The molecule has 0 aliphatic heterocycles. The van der Waals surface area contributed by atoms with E-state index < -0.39 is 11.2 Å². The minimum absolute atomic E-state index is 0.348. The molecule has 1 rings (SSSR count). The van der Waals surface area contributed by atoms with Gasteiger partial charge in [0, 0.05) is 11.8 Å². The number of halogens is 1. The molecule has 1 unspecified atom stereocenters. The van der Waals surface area contributed by atoms with Crippen molar-refractivity contribution in [1.29, 1.82) is 0 Å². The molecular weight excluding hydrogens is 243 g/mol. The van der Waals surface area contributed by atoms with E-state index in [0.717, 1.165) is 0 Å². The lowest BCUT2D eigenvalue weighted by atomic mass is 10.2. The minimum Gasteiger partial charge on any atom is -0.497 e. The first-order valence-electron chi connectivity index (χ1n) is 5.25. The van der Waals surface area contributed by atoms with E-state index in [1.807, 2.05) is 0 Å². The van der Waals surface area contributed by atoms with Crippen LogP contribution in [0.25, 0.3) is 0 Å². The molecule has 0 aromatic heterocycles. The second kappa shape index (κ2) is 6.49. The highest BCUT2D eigenvalue weighted by molar-refractivity contribution is 7.99. The summed E-state index contributed by atoms with van der Waals surface area (Å²) in [6, 6.07) is 4.59. The average molecular weight is 258 g/mol. The van der Waals surface area contributed by atoms with Crippen molar-refractivity contribution in [1.82, 2.24) is 0 Å². The van der Waals surface area contributed by atoms with Crippen LogP contribution in [0.3, 0.4) is 0 Å². The summed E-state index contributed by atoms with van der Waals surface area (Å²) in [6.07, 6.45) is 0.526.